The summed E-state index contributed by atoms with van der Waals surface area (Å²) in [6.07, 6.45) is 0. The van der Waals surface area contributed by atoms with Crippen molar-refractivity contribution in [2.24, 2.45) is 0 Å². The van der Waals surface area contributed by atoms with Gasteiger partial charge in [-0.1, -0.05) is 65.2 Å². The van der Waals surface area contributed by atoms with E-state index in [2.05, 4.69) is 48.4 Å². The maximum absolute atomic E-state index is 13.5. The Hall–Kier alpha value is -4.72. The van der Waals surface area contributed by atoms with E-state index in [9.17, 15) is 14.7 Å². The minimum Gasteiger partial charge on any atom is -0.506 e. The summed E-state index contributed by atoms with van der Waals surface area (Å²) in [7, 11) is 0. The third-order valence-corrected chi connectivity index (χ3v) is 7.44. The van der Waals surface area contributed by atoms with Gasteiger partial charge in [0.15, 0.2) is 0 Å². The van der Waals surface area contributed by atoms with Crippen molar-refractivity contribution in [1.82, 2.24) is 14.3 Å². The van der Waals surface area contributed by atoms with Crippen molar-refractivity contribution in [3.8, 4) is 28.3 Å². The van der Waals surface area contributed by atoms with E-state index in [0.29, 0.717) is 11.3 Å². The van der Waals surface area contributed by atoms with Crippen molar-refractivity contribution in [2.75, 3.05) is 5.23 Å². The van der Waals surface area contributed by atoms with Crippen LogP contribution in [0.4, 0.5) is 5.69 Å². The van der Waals surface area contributed by atoms with E-state index in [1.807, 2.05) is 32.0 Å². The number of para-hydroxylation sites is 2. The van der Waals surface area contributed by atoms with Crippen LogP contribution in [-0.2, 0) is 0 Å². The van der Waals surface area contributed by atoms with Gasteiger partial charge in [0.1, 0.15) is 11.4 Å². The van der Waals surface area contributed by atoms with Gasteiger partial charge in [-0.3, -0.25) is 0 Å². The zero-order chi connectivity index (χ0) is 26.7. The summed E-state index contributed by atoms with van der Waals surface area (Å²) in [5, 5.41) is 17.4. The van der Waals surface area contributed by atoms with Crippen molar-refractivity contribution >= 4 is 23.5 Å². The van der Waals surface area contributed by atoms with E-state index in [4.69, 9.17) is 0 Å². The number of fused-ring (bicyclic) bond motifs is 3. The molecule has 38 heavy (non-hydrogen) atoms. The number of phenolic OH excluding ortho intramolecular Hbond substituents is 1. The fourth-order valence-corrected chi connectivity index (χ4v) is 5.90. The Morgan fingerprint density at radius 2 is 1.47 bits per heavy atom. The molecule has 8 heteroatoms. The topological polar surface area (TPSA) is 92.0 Å². The average molecular weight is 502 g/mol. The molecule has 1 aliphatic rings. The number of phenols is 1. The Bertz CT molecular complexity index is 1850. The highest BCUT2D eigenvalue weighted by atomic mass is 16.3. The number of aromatic hydroxyl groups is 1. The molecule has 6 rings (SSSR count). The predicted molar refractivity (Wildman–Crippen MR) is 153 cm³/mol. The molecule has 4 aromatic carbocycles. The van der Waals surface area contributed by atoms with Gasteiger partial charge in [-0.2, -0.15) is 4.68 Å². The van der Waals surface area contributed by atoms with Crippen LogP contribution in [0.1, 0.15) is 22.3 Å². The molecule has 0 saturated carbocycles. The number of rotatable bonds is 3. The molecule has 0 atom stereocenters. The Labute approximate surface area is 220 Å². The molecule has 0 unspecified atom stereocenters. The van der Waals surface area contributed by atoms with Crippen LogP contribution < -0.4 is 27.5 Å². The molecule has 5 aromatic rings. The molecule has 0 fully saturated rings. The summed E-state index contributed by atoms with van der Waals surface area (Å²) in [5.41, 5.74) is 8.89. The van der Waals surface area contributed by atoms with Gasteiger partial charge >= 0.3 is 18.2 Å². The number of aromatic nitrogens is 3. The first-order valence-corrected chi connectivity index (χ1v) is 12.6. The lowest BCUT2D eigenvalue weighted by molar-refractivity contribution is 0.468. The van der Waals surface area contributed by atoms with Gasteiger partial charge in [0.2, 0.25) is 0 Å². The first-order chi connectivity index (χ1) is 18.3. The largest absolute Gasteiger partial charge is 0.506 e. The first-order valence-electron chi connectivity index (χ1n) is 12.6. The second-order valence-electron chi connectivity index (χ2n) is 9.97. The molecule has 0 radical (unpaired) electrons. The molecule has 2 heterocycles. The molecule has 0 bridgehead atoms. The van der Waals surface area contributed by atoms with Gasteiger partial charge in [0, 0.05) is 11.3 Å². The van der Waals surface area contributed by atoms with Crippen LogP contribution in [0.5, 0.6) is 5.75 Å². The highest BCUT2D eigenvalue weighted by Gasteiger charge is 2.34. The maximum atomic E-state index is 13.5. The number of nitrogens with one attached hydrogen (secondary N) is 2. The van der Waals surface area contributed by atoms with Crippen LogP contribution >= 0.6 is 0 Å². The van der Waals surface area contributed by atoms with E-state index in [1.54, 1.807) is 30.3 Å². The Balaban J connectivity index is 1.60. The average Bonchev–Trinajstić information content (AvgIpc) is 3.17. The second-order valence-corrected chi connectivity index (χ2v) is 9.97. The number of hydrogen-bond acceptors (Lipinski definition) is 4. The summed E-state index contributed by atoms with van der Waals surface area (Å²) < 4.78 is 2.21. The Morgan fingerprint density at radius 3 is 2.24 bits per heavy atom. The first kappa shape index (κ1) is 23.7. The number of hydrogen-bond donors (Lipinski definition) is 3. The van der Waals surface area contributed by atoms with Gasteiger partial charge in [-0.05, 0) is 74.0 Å². The molecule has 188 valence electrons. The molecular weight excluding hydrogens is 475 g/mol. The van der Waals surface area contributed by atoms with Crippen molar-refractivity contribution in [1.29, 1.82) is 0 Å². The minimum atomic E-state index is -0.580. The van der Waals surface area contributed by atoms with E-state index in [0.717, 1.165) is 48.1 Å². The van der Waals surface area contributed by atoms with Crippen LogP contribution in [0.3, 0.4) is 0 Å². The number of aryl methyl sites for hydroxylation is 3. The number of aromatic amines is 1. The maximum Gasteiger partial charge on any atom is 0.356 e. The molecular formula is C30H27BN4O3. The molecule has 1 aliphatic heterocycles. The Kier molecular flexibility index (Phi) is 5.42. The quantitative estimate of drug-likeness (QED) is 0.330. The van der Waals surface area contributed by atoms with Gasteiger partial charge in [-0.25, -0.2) is 19.3 Å². The van der Waals surface area contributed by atoms with Crippen LogP contribution in [0, 0.1) is 27.7 Å². The van der Waals surface area contributed by atoms with Gasteiger partial charge in [-0.15, -0.1) is 0 Å². The van der Waals surface area contributed by atoms with E-state index < -0.39 is 11.4 Å². The number of nitrogens with zero attached hydrogens (tertiary/aromatic N) is 2. The predicted octanol–water partition coefficient (Wildman–Crippen LogP) is 3.45. The van der Waals surface area contributed by atoms with E-state index >= 15 is 0 Å². The lowest BCUT2D eigenvalue weighted by Gasteiger charge is -2.32. The Morgan fingerprint density at radius 1 is 0.789 bits per heavy atom. The summed E-state index contributed by atoms with van der Waals surface area (Å²) in [6, 6.07) is 23.0. The molecule has 0 saturated heterocycles. The standard InChI is InChI=1S/C30H27BN4O3/c1-17-14-18(2)27-23(15-17)22-12-8-9-13-24(22)32-31(27)26-19(3)16-25(36)28(20(26)4)35-30(38)34(29(37)33-35)21-10-6-5-7-11-21/h5-16,32,36H,1-4H3,(H,33,37). The second kappa shape index (κ2) is 8.69. The zero-order valence-electron chi connectivity index (χ0n) is 21.7. The van der Waals surface area contributed by atoms with Crippen molar-refractivity contribution in [3.05, 3.63) is 116 Å². The fraction of sp³-hybridized carbons (Fsp3) is 0.133. The number of anilines is 1. The SMILES string of the molecule is Cc1cc(C)c2c(c1)-c1ccccc1NB2c1c(C)cc(O)c(-n2[nH]c(=O)n(-c3ccccc3)c2=O)c1C. The summed E-state index contributed by atoms with van der Waals surface area (Å²) in [6.45, 7) is 7.83. The number of benzene rings is 4. The highest BCUT2D eigenvalue weighted by Crippen LogP contribution is 2.34. The van der Waals surface area contributed by atoms with E-state index in [1.165, 1.54) is 5.56 Å². The molecule has 0 spiro atoms. The van der Waals surface area contributed by atoms with Crippen LogP contribution in [0.25, 0.3) is 22.5 Å². The van der Waals surface area contributed by atoms with Crippen LogP contribution in [0.15, 0.2) is 82.4 Å². The zero-order valence-corrected chi connectivity index (χ0v) is 21.7. The summed E-state index contributed by atoms with van der Waals surface area (Å²) in [4.78, 5) is 26.4. The lowest BCUT2D eigenvalue weighted by atomic mass is 9.45. The molecule has 7 nitrogen and oxygen atoms in total. The summed E-state index contributed by atoms with van der Waals surface area (Å²) in [5.74, 6) is -0.0793. The lowest BCUT2D eigenvalue weighted by Crippen LogP contribution is -2.55. The van der Waals surface area contributed by atoms with Crippen molar-refractivity contribution < 1.29 is 5.11 Å². The normalized spacial score (nSPS) is 12.2. The van der Waals surface area contributed by atoms with Gasteiger partial charge in [0.25, 0.3) is 0 Å². The molecule has 1 aromatic heterocycles. The summed E-state index contributed by atoms with van der Waals surface area (Å²) >= 11 is 0. The molecule has 0 aliphatic carbocycles. The minimum absolute atomic E-state index is 0.0793. The highest BCUT2D eigenvalue weighted by molar-refractivity contribution is 6.90. The van der Waals surface area contributed by atoms with Crippen molar-refractivity contribution in [3.63, 3.8) is 0 Å². The van der Waals surface area contributed by atoms with Gasteiger partial charge in [0.05, 0.1) is 5.69 Å². The van der Waals surface area contributed by atoms with Crippen molar-refractivity contribution in [2.45, 2.75) is 27.7 Å². The molecule has 0 amide bonds. The molecule has 3 N–H and O–H groups in total. The fourth-order valence-electron chi connectivity index (χ4n) is 5.90. The van der Waals surface area contributed by atoms with Crippen LogP contribution in [-0.4, -0.2) is 26.3 Å². The van der Waals surface area contributed by atoms with Gasteiger partial charge < -0.3 is 10.3 Å². The number of H-pyrrole nitrogens is 1. The third kappa shape index (κ3) is 3.52. The van der Waals surface area contributed by atoms with E-state index in [-0.39, 0.29) is 18.3 Å². The monoisotopic (exact) mass is 502 g/mol. The smallest absolute Gasteiger partial charge is 0.356 e. The van der Waals surface area contributed by atoms with Crippen LogP contribution in [0.2, 0.25) is 0 Å². The third-order valence-electron chi connectivity index (χ3n) is 7.44.